The van der Waals surface area contributed by atoms with E-state index in [1.165, 1.54) is 45.2 Å². The zero-order chi connectivity index (χ0) is 29.8. The van der Waals surface area contributed by atoms with E-state index in [1.54, 1.807) is 0 Å². The lowest BCUT2D eigenvalue weighted by Gasteiger charge is -2.42. The number of rotatable bonds is 7. The number of nitrogens with two attached hydrogens (primary N) is 1. The number of urea groups is 2. The second-order valence-electron chi connectivity index (χ2n) is 12.8. The van der Waals surface area contributed by atoms with Crippen LogP contribution in [0, 0.1) is 0 Å². The molecule has 232 valence electrons. The number of nitrogen functional groups attached to an aromatic ring is 1. The number of amides is 4. The third-order valence-corrected chi connectivity index (χ3v) is 10.6. The molecule has 2 aromatic carbocycles. The molecule has 4 N–H and O–H groups in total. The molecule has 0 aliphatic carbocycles. The van der Waals surface area contributed by atoms with Crippen LogP contribution in [0.3, 0.4) is 0 Å². The smallest absolute Gasteiger partial charge is 0.322 e. The zero-order valence-electron chi connectivity index (χ0n) is 25.1. The molecule has 3 saturated heterocycles. The molecule has 0 spiro atoms. The van der Waals surface area contributed by atoms with Gasteiger partial charge in [0.15, 0.2) is 0 Å². The number of halogens is 1. The fourth-order valence-corrected chi connectivity index (χ4v) is 7.80. The lowest BCUT2D eigenvalue weighted by molar-refractivity contribution is 0.0872. The standard InChI is InChI=1S/C33H46BrN7O2/c34-29-21-24(8-9-30(29)35)20-26(23-38-16-10-27(11-17-38)39-14-4-1-5-15-39)36-32(42)40-18-12-28(13-19-40)41-22-25-6-2-3-7-31(25)37-33(41)43/h2-3,6-9,21,26-28H,1,4-5,10-20,22-23,35H2,(H,36,42)(H,37,43). The van der Waals surface area contributed by atoms with Gasteiger partial charge in [0, 0.05) is 60.2 Å². The average molecular weight is 653 g/mol. The van der Waals surface area contributed by atoms with Gasteiger partial charge in [0.1, 0.15) is 0 Å². The van der Waals surface area contributed by atoms with Crippen LogP contribution in [0.5, 0.6) is 0 Å². The first-order valence-electron chi connectivity index (χ1n) is 16.1. The van der Waals surface area contributed by atoms with E-state index in [0.717, 1.165) is 65.9 Å². The van der Waals surface area contributed by atoms with Gasteiger partial charge in [0.25, 0.3) is 0 Å². The molecule has 4 aliphatic heterocycles. The molecular weight excluding hydrogens is 606 g/mol. The Morgan fingerprint density at radius 2 is 1.67 bits per heavy atom. The average Bonchev–Trinajstić information content (AvgIpc) is 3.03. The number of anilines is 2. The van der Waals surface area contributed by atoms with Crippen molar-refractivity contribution >= 4 is 39.4 Å². The van der Waals surface area contributed by atoms with E-state index >= 15 is 0 Å². The van der Waals surface area contributed by atoms with E-state index in [1.807, 2.05) is 34.1 Å². The third kappa shape index (κ3) is 7.46. The minimum Gasteiger partial charge on any atom is -0.398 e. The molecule has 4 heterocycles. The number of nitrogens with one attached hydrogen (secondary N) is 2. The molecule has 1 unspecified atom stereocenters. The van der Waals surface area contributed by atoms with Gasteiger partial charge in [0.05, 0.1) is 0 Å². The van der Waals surface area contributed by atoms with E-state index in [0.29, 0.717) is 25.7 Å². The number of para-hydroxylation sites is 1. The van der Waals surface area contributed by atoms with Crippen LogP contribution >= 0.6 is 15.9 Å². The Morgan fingerprint density at radius 1 is 0.953 bits per heavy atom. The molecule has 1 atom stereocenters. The number of piperidine rings is 3. The van der Waals surface area contributed by atoms with Crippen LogP contribution in [-0.4, -0.2) is 95.6 Å². The number of carbonyl (C=O) groups excluding carboxylic acids is 2. The summed E-state index contributed by atoms with van der Waals surface area (Å²) in [5.74, 6) is 0. The number of hydrogen-bond donors (Lipinski definition) is 3. The van der Waals surface area contributed by atoms with Crippen LogP contribution < -0.4 is 16.4 Å². The second-order valence-corrected chi connectivity index (χ2v) is 13.6. The molecule has 3 fully saturated rings. The number of nitrogens with zero attached hydrogens (tertiary/aromatic N) is 4. The first-order valence-corrected chi connectivity index (χ1v) is 16.9. The van der Waals surface area contributed by atoms with Crippen LogP contribution in [-0.2, 0) is 13.0 Å². The Hall–Kier alpha value is -2.82. The quantitative estimate of drug-likeness (QED) is 0.362. The maximum Gasteiger partial charge on any atom is 0.322 e. The first-order chi connectivity index (χ1) is 20.9. The van der Waals surface area contributed by atoms with E-state index in [2.05, 4.69) is 54.6 Å². The maximum atomic E-state index is 13.6. The molecule has 10 heteroatoms. The highest BCUT2D eigenvalue weighted by Gasteiger charge is 2.33. The van der Waals surface area contributed by atoms with Gasteiger partial charge in [0.2, 0.25) is 0 Å². The van der Waals surface area contributed by atoms with E-state index in [4.69, 9.17) is 5.73 Å². The van der Waals surface area contributed by atoms with E-state index < -0.39 is 0 Å². The van der Waals surface area contributed by atoms with E-state index in [-0.39, 0.29) is 24.1 Å². The number of fused-ring (bicyclic) bond motifs is 1. The Bertz CT molecular complexity index is 1270. The van der Waals surface area contributed by atoms with Crippen LogP contribution in [0.1, 0.15) is 56.1 Å². The summed E-state index contributed by atoms with van der Waals surface area (Å²) in [5.41, 5.74) is 9.97. The second kappa shape index (κ2) is 13.9. The van der Waals surface area contributed by atoms with Gasteiger partial charge in [-0.3, -0.25) is 0 Å². The molecule has 0 radical (unpaired) electrons. The van der Waals surface area contributed by atoms with Gasteiger partial charge in [-0.25, -0.2) is 9.59 Å². The predicted octanol–water partition coefficient (Wildman–Crippen LogP) is 5.11. The fourth-order valence-electron chi connectivity index (χ4n) is 7.37. The number of hydrogen-bond acceptors (Lipinski definition) is 5. The lowest BCUT2D eigenvalue weighted by Crippen LogP contribution is -2.55. The van der Waals surface area contributed by atoms with Gasteiger partial charge >= 0.3 is 12.1 Å². The van der Waals surface area contributed by atoms with Crippen molar-refractivity contribution in [2.75, 3.05) is 56.9 Å². The normalized spacial score (nSPS) is 21.7. The van der Waals surface area contributed by atoms with Crippen molar-refractivity contribution < 1.29 is 9.59 Å². The Labute approximate surface area is 264 Å². The van der Waals surface area contributed by atoms with Crippen molar-refractivity contribution in [2.45, 2.75) is 76.0 Å². The van der Waals surface area contributed by atoms with Gasteiger partial charge in [-0.2, -0.15) is 0 Å². The summed E-state index contributed by atoms with van der Waals surface area (Å²) < 4.78 is 0.892. The molecule has 4 amide bonds. The van der Waals surface area contributed by atoms with Crippen molar-refractivity contribution in [1.29, 1.82) is 0 Å². The van der Waals surface area contributed by atoms with Crippen molar-refractivity contribution in [3.8, 4) is 0 Å². The van der Waals surface area contributed by atoms with Crippen LogP contribution in [0.15, 0.2) is 46.9 Å². The molecule has 9 nitrogen and oxygen atoms in total. The lowest BCUT2D eigenvalue weighted by atomic mass is 9.98. The summed E-state index contributed by atoms with van der Waals surface area (Å²) in [6.45, 7) is 7.39. The van der Waals surface area contributed by atoms with Crippen LogP contribution in [0.4, 0.5) is 21.0 Å². The van der Waals surface area contributed by atoms with Crippen molar-refractivity contribution in [2.24, 2.45) is 0 Å². The Kier molecular flexibility index (Phi) is 9.74. The van der Waals surface area contributed by atoms with Gasteiger partial charge < -0.3 is 36.0 Å². The van der Waals surface area contributed by atoms with Crippen molar-refractivity contribution in [1.82, 2.24) is 24.9 Å². The first kappa shape index (κ1) is 30.2. The monoisotopic (exact) mass is 651 g/mol. The highest BCUT2D eigenvalue weighted by Crippen LogP contribution is 2.28. The van der Waals surface area contributed by atoms with Crippen LogP contribution in [0.25, 0.3) is 0 Å². The SMILES string of the molecule is Nc1ccc(CC(CN2CCC(N3CCCCC3)CC2)NC(=O)N2CCC(N3Cc4ccccc4NC3=O)CC2)cc1Br. The zero-order valence-corrected chi connectivity index (χ0v) is 26.7. The van der Waals surface area contributed by atoms with Crippen LogP contribution in [0.2, 0.25) is 0 Å². The maximum absolute atomic E-state index is 13.6. The number of benzene rings is 2. The topological polar surface area (TPSA) is 97.2 Å². The largest absolute Gasteiger partial charge is 0.398 e. The molecule has 0 aromatic heterocycles. The summed E-state index contributed by atoms with van der Waals surface area (Å²) in [4.78, 5) is 35.6. The fraction of sp³-hybridized carbons (Fsp3) is 0.576. The molecule has 4 aliphatic rings. The number of carbonyl (C=O) groups is 2. The summed E-state index contributed by atoms with van der Waals surface area (Å²) in [6, 6.07) is 14.8. The minimum atomic E-state index is -0.0413. The third-order valence-electron chi connectivity index (χ3n) is 9.87. The Morgan fingerprint density at radius 3 is 2.42 bits per heavy atom. The Balaban J connectivity index is 1.05. The molecule has 0 saturated carbocycles. The minimum absolute atomic E-state index is 0.00309. The highest BCUT2D eigenvalue weighted by atomic mass is 79.9. The predicted molar refractivity (Wildman–Crippen MR) is 175 cm³/mol. The summed E-state index contributed by atoms with van der Waals surface area (Å²) in [5, 5.41) is 6.44. The highest BCUT2D eigenvalue weighted by molar-refractivity contribution is 9.10. The molecule has 6 rings (SSSR count). The molecule has 2 aromatic rings. The van der Waals surface area contributed by atoms with Gasteiger partial charge in [-0.1, -0.05) is 30.7 Å². The molecule has 43 heavy (non-hydrogen) atoms. The van der Waals surface area contributed by atoms with Crippen molar-refractivity contribution in [3.05, 3.63) is 58.1 Å². The molecular formula is C33H46BrN7O2. The van der Waals surface area contributed by atoms with E-state index in [9.17, 15) is 9.59 Å². The summed E-state index contributed by atoms with van der Waals surface area (Å²) in [6.07, 6.45) is 8.76. The van der Waals surface area contributed by atoms with Gasteiger partial charge in [-0.15, -0.1) is 0 Å². The number of likely N-dealkylation sites (tertiary alicyclic amines) is 3. The summed E-state index contributed by atoms with van der Waals surface area (Å²) in [7, 11) is 0. The summed E-state index contributed by atoms with van der Waals surface area (Å²) >= 11 is 3.58. The molecule has 0 bridgehead atoms. The van der Waals surface area contributed by atoms with Crippen molar-refractivity contribution in [3.63, 3.8) is 0 Å². The van der Waals surface area contributed by atoms with Gasteiger partial charge in [-0.05, 0) is 116 Å².